The van der Waals surface area contributed by atoms with Gasteiger partial charge in [0.15, 0.2) is 5.69 Å². The third-order valence-corrected chi connectivity index (χ3v) is 5.88. The Morgan fingerprint density at radius 1 is 1.04 bits per heavy atom. The Bertz CT molecular complexity index is 862. The molecule has 6 heteroatoms. The topological polar surface area (TPSA) is 58.4 Å². The normalized spacial score (nSPS) is 19.8. The average Bonchev–Trinajstić information content (AvgIpc) is 2.71. The van der Waals surface area contributed by atoms with E-state index in [4.69, 9.17) is 0 Å². The molecule has 0 radical (unpaired) electrons. The minimum Gasteiger partial charge on any atom is -0.335 e. The Hall–Kier alpha value is -2.21. The Morgan fingerprint density at radius 3 is 2.46 bits per heavy atom. The first kappa shape index (κ1) is 17.2. The number of piperazine rings is 1. The summed E-state index contributed by atoms with van der Waals surface area (Å²) in [6, 6.07) is 8.10. The van der Waals surface area contributed by atoms with E-state index >= 15 is 0 Å². The summed E-state index contributed by atoms with van der Waals surface area (Å²) in [6.07, 6.45) is 6.55. The smallest absolute Gasteiger partial charge is 0.282 e. The number of aromatic nitrogens is 2. The van der Waals surface area contributed by atoms with Gasteiger partial charge in [-0.3, -0.25) is 14.5 Å². The molecule has 1 aromatic carbocycles. The van der Waals surface area contributed by atoms with Gasteiger partial charge in [-0.15, -0.1) is 0 Å². The Morgan fingerprint density at radius 2 is 1.73 bits per heavy atom. The van der Waals surface area contributed by atoms with Crippen molar-refractivity contribution in [1.82, 2.24) is 19.4 Å². The molecule has 2 fully saturated rings. The Labute approximate surface area is 153 Å². The minimum atomic E-state index is -0.316. The van der Waals surface area contributed by atoms with Crippen LogP contribution in [0.3, 0.4) is 0 Å². The van der Waals surface area contributed by atoms with Crippen LogP contribution in [0.2, 0.25) is 0 Å². The van der Waals surface area contributed by atoms with Gasteiger partial charge in [0.2, 0.25) is 0 Å². The highest BCUT2D eigenvalue weighted by atomic mass is 16.2. The molecule has 1 saturated heterocycles. The molecule has 1 aliphatic carbocycles. The van der Waals surface area contributed by atoms with Gasteiger partial charge in [-0.25, -0.2) is 4.98 Å². The molecular formula is C20H26N4O2. The summed E-state index contributed by atoms with van der Waals surface area (Å²) in [5, 5.41) is 0. The lowest BCUT2D eigenvalue weighted by Crippen LogP contribution is -2.53. The van der Waals surface area contributed by atoms with Gasteiger partial charge in [0, 0.05) is 39.3 Å². The highest BCUT2D eigenvalue weighted by molar-refractivity contribution is 5.94. The molecule has 1 aromatic heterocycles. The summed E-state index contributed by atoms with van der Waals surface area (Å²) in [6.45, 7) is 3.13. The second-order valence-electron chi connectivity index (χ2n) is 7.43. The van der Waals surface area contributed by atoms with E-state index in [9.17, 15) is 9.59 Å². The molecule has 6 nitrogen and oxygen atoms in total. The van der Waals surface area contributed by atoms with Crippen molar-refractivity contribution in [3.63, 3.8) is 0 Å². The molecule has 1 aliphatic heterocycles. The van der Waals surface area contributed by atoms with Gasteiger partial charge in [0.25, 0.3) is 11.5 Å². The van der Waals surface area contributed by atoms with Crippen LogP contribution in [-0.4, -0.2) is 57.5 Å². The second kappa shape index (κ2) is 7.19. The summed E-state index contributed by atoms with van der Waals surface area (Å²) < 4.78 is 1.52. The molecule has 2 aromatic rings. The van der Waals surface area contributed by atoms with E-state index < -0.39 is 0 Å². The van der Waals surface area contributed by atoms with Crippen molar-refractivity contribution in [1.29, 1.82) is 0 Å². The standard InChI is InChI=1S/C20H26N4O2/c1-22-17-10-6-5-9-16(17)21-18(19(22)25)20(26)24-13-11-23(12-14-24)15-7-3-2-4-8-15/h5-6,9-10,15H,2-4,7-8,11-14H2,1H3. The first-order valence-corrected chi connectivity index (χ1v) is 9.64. The lowest BCUT2D eigenvalue weighted by molar-refractivity contribution is 0.0516. The van der Waals surface area contributed by atoms with E-state index in [1.54, 1.807) is 11.9 Å². The van der Waals surface area contributed by atoms with Gasteiger partial charge < -0.3 is 9.47 Å². The molecule has 4 rings (SSSR count). The van der Waals surface area contributed by atoms with Crippen LogP contribution in [0, 0.1) is 0 Å². The van der Waals surface area contributed by atoms with Crippen LogP contribution in [0.15, 0.2) is 29.1 Å². The largest absolute Gasteiger partial charge is 0.335 e. The predicted molar refractivity (Wildman–Crippen MR) is 101 cm³/mol. The average molecular weight is 354 g/mol. The lowest BCUT2D eigenvalue weighted by Gasteiger charge is -2.40. The third kappa shape index (κ3) is 3.14. The lowest BCUT2D eigenvalue weighted by atomic mass is 9.94. The fraction of sp³-hybridized carbons (Fsp3) is 0.550. The maximum atomic E-state index is 12.9. The number of hydrogen-bond donors (Lipinski definition) is 0. The fourth-order valence-electron chi connectivity index (χ4n) is 4.30. The highest BCUT2D eigenvalue weighted by Gasteiger charge is 2.29. The highest BCUT2D eigenvalue weighted by Crippen LogP contribution is 2.23. The molecule has 2 aliphatic rings. The summed E-state index contributed by atoms with van der Waals surface area (Å²) in [4.78, 5) is 34.2. The van der Waals surface area contributed by atoms with Gasteiger partial charge >= 0.3 is 0 Å². The minimum absolute atomic E-state index is 0.0392. The van der Waals surface area contributed by atoms with Gasteiger partial charge in [-0.2, -0.15) is 0 Å². The number of fused-ring (bicyclic) bond motifs is 1. The zero-order valence-corrected chi connectivity index (χ0v) is 15.4. The van der Waals surface area contributed by atoms with Gasteiger partial charge in [-0.05, 0) is 25.0 Å². The van der Waals surface area contributed by atoms with Crippen molar-refractivity contribution in [2.75, 3.05) is 26.2 Å². The summed E-state index contributed by atoms with van der Waals surface area (Å²) in [5.41, 5.74) is 1.15. The predicted octanol–water partition coefficient (Wildman–Crippen LogP) is 2.02. The van der Waals surface area contributed by atoms with E-state index in [1.165, 1.54) is 36.7 Å². The summed E-state index contributed by atoms with van der Waals surface area (Å²) >= 11 is 0. The van der Waals surface area contributed by atoms with Crippen LogP contribution < -0.4 is 5.56 Å². The van der Waals surface area contributed by atoms with Crippen LogP contribution in [0.1, 0.15) is 42.6 Å². The SMILES string of the molecule is Cn1c(=O)c(C(=O)N2CCN(C3CCCCC3)CC2)nc2ccccc21. The number of aryl methyl sites for hydroxylation is 1. The maximum Gasteiger partial charge on any atom is 0.282 e. The number of carbonyl (C=O) groups is 1. The number of hydrogen-bond acceptors (Lipinski definition) is 4. The fourth-order valence-corrected chi connectivity index (χ4v) is 4.30. The van der Waals surface area contributed by atoms with Crippen molar-refractivity contribution < 1.29 is 4.79 Å². The van der Waals surface area contributed by atoms with Crippen LogP contribution >= 0.6 is 0 Å². The first-order valence-electron chi connectivity index (χ1n) is 9.64. The van der Waals surface area contributed by atoms with Gasteiger partial charge in [0.1, 0.15) is 0 Å². The van der Waals surface area contributed by atoms with E-state index in [2.05, 4.69) is 9.88 Å². The molecule has 1 saturated carbocycles. The second-order valence-corrected chi connectivity index (χ2v) is 7.43. The quantitative estimate of drug-likeness (QED) is 0.828. The van der Waals surface area contributed by atoms with Crippen molar-refractivity contribution >= 4 is 16.9 Å². The number of benzene rings is 1. The first-order chi connectivity index (χ1) is 12.6. The van der Waals surface area contributed by atoms with Crippen molar-refractivity contribution in [3.8, 4) is 0 Å². The van der Waals surface area contributed by atoms with Crippen molar-refractivity contribution in [2.24, 2.45) is 7.05 Å². The third-order valence-electron chi connectivity index (χ3n) is 5.88. The molecule has 138 valence electrons. The molecule has 0 atom stereocenters. The van der Waals surface area contributed by atoms with Crippen LogP contribution in [-0.2, 0) is 7.05 Å². The zero-order chi connectivity index (χ0) is 18.1. The zero-order valence-electron chi connectivity index (χ0n) is 15.4. The monoisotopic (exact) mass is 354 g/mol. The molecule has 0 bridgehead atoms. The number of amides is 1. The van der Waals surface area contributed by atoms with Gasteiger partial charge in [-0.1, -0.05) is 31.4 Å². The van der Waals surface area contributed by atoms with Gasteiger partial charge in [0.05, 0.1) is 11.0 Å². The molecular weight excluding hydrogens is 328 g/mol. The van der Waals surface area contributed by atoms with Crippen LogP contribution in [0.4, 0.5) is 0 Å². The molecule has 26 heavy (non-hydrogen) atoms. The molecule has 0 unspecified atom stereocenters. The number of carbonyl (C=O) groups excluding carboxylic acids is 1. The van der Waals surface area contributed by atoms with E-state index in [1.807, 2.05) is 24.3 Å². The number of para-hydroxylation sites is 2. The Kier molecular flexibility index (Phi) is 4.76. The van der Waals surface area contributed by atoms with E-state index in [-0.39, 0.29) is 17.2 Å². The molecule has 2 heterocycles. The van der Waals surface area contributed by atoms with Crippen molar-refractivity contribution in [2.45, 2.75) is 38.1 Å². The molecule has 0 spiro atoms. The summed E-state index contributed by atoms with van der Waals surface area (Å²) in [7, 11) is 1.70. The maximum absolute atomic E-state index is 12.9. The molecule has 1 amide bonds. The Balaban J connectivity index is 1.51. The number of rotatable bonds is 2. The summed E-state index contributed by atoms with van der Waals surface area (Å²) in [5.74, 6) is -0.236. The van der Waals surface area contributed by atoms with Crippen LogP contribution in [0.25, 0.3) is 11.0 Å². The van der Waals surface area contributed by atoms with E-state index in [0.717, 1.165) is 18.6 Å². The van der Waals surface area contributed by atoms with Crippen LogP contribution in [0.5, 0.6) is 0 Å². The van der Waals surface area contributed by atoms with Crippen molar-refractivity contribution in [3.05, 3.63) is 40.3 Å². The molecule has 0 N–H and O–H groups in total. The number of nitrogens with zero attached hydrogens (tertiary/aromatic N) is 4. The van der Waals surface area contributed by atoms with E-state index in [0.29, 0.717) is 24.6 Å².